The molecule has 5 rings (SSSR count). The second-order valence-corrected chi connectivity index (χ2v) is 13.5. The van der Waals surface area contributed by atoms with E-state index in [1.54, 1.807) is 17.2 Å². The van der Waals surface area contributed by atoms with Crippen LogP contribution < -0.4 is 15.8 Å². The topological polar surface area (TPSA) is 114 Å². The van der Waals surface area contributed by atoms with Crippen LogP contribution in [0, 0.1) is 23.1 Å². The molecule has 2 aromatic heterocycles. The number of aromatic nitrogens is 2. The van der Waals surface area contributed by atoms with Crippen LogP contribution in [0.15, 0.2) is 41.4 Å². The Labute approximate surface area is 291 Å². The molecule has 9 nitrogen and oxygen atoms in total. The Morgan fingerprint density at radius 1 is 1.19 bits per heavy atom. The van der Waals surface area contributed by atoms with Gasteiger partial charge in [0.05, 0.1) is 38.7 Å². The highest BCUT2D eigenvalue weighted by Gasteiger charge is 2.36. The van der Waals surface area contributed by atoms with E-state index in [2.05, 4.69) is 18.0 Å². The van der Waals surface area contributed by atoms with Gasteiger partial charge in [0.25, 0.3) is 5.56 Å². The predicted molar refractivity (Wildman–Crippen MR) is 186 cm³/mol. The average Bonchev–Trinajstić information content (AvgIpc) is 3.02. The number of aromatic hydroxyl groups is 1. The molecule has 3 atom stereocenters. The van der Waals surface area contributed by atoms with Crippen molar-refractivity contribution in [2.75, 3.05) is 18.0 Å². The number of allylic oxidation sites excluding steroid dienone is 2. The van der Waals surface area contributed by atoms with Gasteiger partial charge in [-0.25, -0.2) is 9.37 Å². The molecule has 1 saturated heterocycles. The minimum atomic E-state index is -1.09. The maximum atomic E-state index is 15.1. The van der Waals surface area contributed by atoms with E-state index >= 15 is 4.39 Å². The van der Waals surface area contributed by atoms with Gasteiger partial charge in [0.1, 0.15) is 33.1 Å². The van der Waals surface area contributed by atoms with Crippen molar-refractivity contribution in [1.29, 1.82) is 5.26 Å². The summed E-state index contributed by atoms with van der Waals surface area (Å²) in [4.78, 5) is 35.6. The molecule has 14 heteroatoms. The summed E-state index contributed by atoms with van der Waals surface area (Å²) in [7, 11) is 0. The molecule has 3 aromatic rings. The number of hydrogen-bond donors (Lipinski definition) is 2. The van der Waals surface area contributed by atoms with Crippen LogP contribution in [0.2, 0.25) is 20.1 Å². The van der Waals surface area contributed by atoms with Crippen LogP contribution in [0.1, 0.15) is 40.2 Å². The zero-order valence-electron chi connectivity index (χ0n) is 26.1. The number of nitriles is 1. The molecule has 2 aliphatic heterocycles. The summed E-state index contributed by atoms with van der Waals surface area (Å²) in [6.45, 7) is 13.7. The third-order valence-corrected chi connectivity index (χ3v) is 10.0. The number of dihydropyridines is 1. The Morgan fingerprint density at radius 3 is 2.40 bits per heavy atom. The molecule has 0 unspecified atom stereocenters. The highest BCUT2D eigenvalue weighted by Crippen LogP contribution is 2.49. The smallest absolute Gasteiger partial charge is 0.276 e. The van der Waals surface area contributed by atoms with Crippen molar-refractivity contribution in [3.05, 3.63) is 78.4 Å². The summed E-state index contributed by atoms with van der Waals surface area (Å²) in [6, 6.07) is 2.64. The van der Waals surface area contributed by atoms with Gasteiger partial charge in [-0.3, -0.25) is 14.2 Å². The van der Waals surface area contributed by atoms with Gasteiger partial charge in [-0.1, -0.05) is 66.8 Å². The highest BCUT2D eigenvalue weighted by atomic mass is 35.5. The zero-order chi connectivity index (χ0) is 34.6. The molecular formula is C33H31Cl4FN6O3. The molecule has 1 amide bonds. The van der Waals surface area contributed by atoms with E-state index in [-0.39, 0.29) is 76.2 Å². The molecule has 246 valence electrons. The number of carbonyl (C=O) groups is 1. The van der Waals surface area contributed by atoms with Gasteiger partial charge in [-0.05, 0) is 56.7 Å². The molecule has 1 aromatic carbocycles. The lowest BCUT2D eigenvalue weighted by Crippen LogP contribution is -2.58. The van der Waals surface area contributed by atoms with Gasteiger partial charge >= 0.3 is 0 Å². The second-order valence-electron chi connectivity index (χ2n) is 12.0. The number of fused-ring (bicyclic) bond motifs is 1. The Morgan fingerprint density at radius 2 is 1.83 bits per heavy atom. The number of nitrogens with zero attached hydrogens (tertiary/aromatic N) is 5. The van der Waals surface area contributed by atoms with E-state index in [0.717, 1.165) is 5.57 Å². The third-order valence-electron chi connectivity index (χ3n) is 8.55. The summed E-state index contributed by atoms with van der Waals surface area (Å²) in [6.07, 6.45) is 4.85. The lowest BCUT2D eigenvalue weighted by Gasteiger charge is -2.45. The highest BCUT2D eigenvalue weighted by molar-refractivity contribution is 6.46. The first-order valence-corrected chi connectivity index (χ1v) is 16.2. The predicted octanol–water partition coefficient (Wildman–Crippen LogP) is 7.38. The average molecular weight is 720 g/mol. The van der Waals surface area contributed by atoms with E-state index in [4.69, 9.17) is 51.4 Å². The van der Waals surface area contributed by atoms with Gasteiger partial charge in [0.2, 0.25) is 5.91 Å². The molecule has 1 fully saturated rings. The van der Waals surface area contributed by atoms with Gasteiger partial charge < -0.3 is 20.2 Å². The summed E-state index contributed by atoms with van der Waals surface area (Å²) in [5.74, 6) is -1.98. The molecule has 2 aliphatic rings. The van der Waals surface area contributed by atoms with Gasteiger partial charge in [-0.2, -0.15) is 5.26 Å². The summed E-state index contributed by atoms with van der Waals surface area (Å²) >= 11 is 25.3. The van der Waals surface area contributed by atoms with Crippen molar-refractivity contribution in [2.45, 2.75) is 52.7 Å². The summed E-state index contributed by atoms with van der Waals surface area (Å²) in [5.41, 5.74) is 0.363. The molecule has 2 N–H and O–H groups in total. The third kappa shape index (κ3) is 5.63. The van der Waals surface area contributed by atoms with Crippen molar-refractivity contribution >= 4 is 74.7 Å². The minimum absolute atomic E-state index is 0.0105. The van der Waals surface area contributed by atoms with Crippen LogP contribution in [0.5, 0.6) is 5.75 Å². The van der Waals surface area contributed by atoms with Crippen LogP contribution in [0.3, 0.4) is 0 Å². The van der Waals surface area contributed by atoms with Crippen LogP contribution >= 0.6 is 46.4 Å². The maximum Gasteiger partial charge on any atom is 0.276 e. The number of amides is 1. The van der Waals surface area contributed by atoms with Crippen molar-refractivity contribution in [2.24, 2.45) is 5.92 Å². The Kier molecular flexibility index (Phi) is 9.59. The lowest BCUT2D eigenvalue weighted by molar-refractivity contribution is -0.130. The normalized spacial score (nSPS) is 19.7. The number of phenolic OH excluding ortho intramolecular Hbond substituents is 1. The van der Waals surface area contributed by atoms with Gasteiger partial charge in [0.15, 0.2) is 5.82 Å². The zero-order valence-corrected chi connectivity index (χ0v) is 29.2. The number of anilines is 1. The van der Waals surface area contributed by atoms with Crippen molar-refractivity contribution in [3.8, 4) is 23.1 Å². The number of halogens is 5. The van der Waals surface area contributed by atoms with E-state index in [9.17, 15) is 20.0 Å². The summed E-state index contributed by atoms with van der Waals surface area (Å²) in [5, 5.41) is 23.5. The number of benzene rings is 1. The number of phenols is 1. The lowest BCUT2D eigenvalue weighted by atomic mass is 9.94. The van der Waals surface area contributed by atoms with Crippen LogP contribution in [0.4, 0.5) is 10.1 Å². The van der Waals surface area contributed by atoms with Gasteiger partial charge in [0, 0.05) is 30.6 Å². The Bertz CT molecular complexity index is 1980. The number of piperazine rings is 1. The van der Waals surface area contributed by atoms with E-state index in [0.29, 0.717) is 11.1 Å². The number of hydrogen-bond acceptors (Lipinski definition) is 7. The van der Waals surface area contributed by atoms with Crippen LogP contribution in [-0.4, -0.2) is 56.7 Å². The standard InChI is InChI=1S/C33H31Cl4FN6O3/c1-7-21(45)43-16(5)12-42(13-17(43)6)30-18-10-20(34)28(22-23(35)26(38)24(36)25(37)31(22)46)41-32(18)44(33(47)19(30)11-39)29-15(4)8-9-40-27(29)14(2)3/h7-10,14,16-17,27,40,46H,1,12-13H2,2-6H3/t16-,17+,27-/m1/s1. The van der Waals surface area contributed by atoms with E-state index in [1.807, 2.05) is 39.5 Å². The first-order chi connectivity index (χ1) is 22.2. The van der Waals surface area contributed by atoms with Crippen molar-refractivity contribution < 1.29 is 14.3 Å². The quantitative estimate of drug-likeness (QED) is 0.161. The number of rotatable bonds is 5. The van der Waals surface area contributed by atoms with Crippen molar-refractivity contribution in [1.82, 2.24) is 19.8 Å². The molecule has 0 bridgehead atoms. The SMILES string of the molecule is C=CC(=O)N1[C@H](C)CN(c2c(C#N)c(=O)n(C3=C(C)C=CN[C@@H]3C(C)C)c3nc(-c4c(O)c(Cl)c(Cl)c(F)c4Cl)c(Cl)cc23)C[C@@H]1C. The Balaban J connectivity index is 1.92. The molecular weight excluding hydrogens is 689 g/mol. The van der Waals surface area contributed by atoms with E-state index in [1.165, 1.54) is 16.7 Å². The van der Waals surface area contributed by atoms with Crippen molar-refractivity contribution in [3.63, 3.8) is 0 Å². The van der Waals surface area contributed by atoms with Gasteiger partial charge in [-0.15, -0.1) is 0 Å². The fraction of sp³-hybridized carbons (Fsp3) is 0.333. The summed E-state index contributed by atoms with van der Waals surface area (Å²) < 4.78 is 16.5. The molecule has 4 heterocycles. The maximum absolute atomic E-state index is 15.1. The molecule has 0 aliphatic carbocycles. The van der Waals surface area contributed by atoms with Crippen LogP contribution in [0.25, 0.3) is 28.0 Å². The number of nitrogens with one attached hydrogen (secondary N) is 1. The first kappa shape index (κ1) is 34.6. The fourth-order valence-electron chi connectivity index (χ4n) is 6.49. The monoisotopic (exact) mass is 718 g/mol. The first-order valence-electron chi connectivity index (χ1n) is 14.7. The minimum Gasteiger partial charge on any atom is -0.506 e. The van der Waals surface area contributed by atoms with E-state index < -0.39 is 32.2 Å². The Hall–Kier alpha value is -3.75. The number of pyridine rings is 2. The molecule has 0 radical (unpaired) electrons. The molecule has 47 heavy (non-hydrogen) atoms. The second kappa shape index (κ2) is 13.0. The van der Waals surface area contributed by atoms with Crippen LogP contribution in [-0.2, 0) is 4.79 Å². The number of carbonyl (C=O) groups excluding carboxylic acids is 1. The molecule has 0 spiro atoms. The molecule has 0 saturated carbocycles. The fourth-order valence-corrected chi connectivity index (χ4v) is 7.42. The largest absolute Gasteiger partial charge is 0.506 e.